The van der Waals surface area contributed by atoms with Crippen LogP contribution in [0, 0.1) is 11.6 Å². The molecule has 0 atom stereocenters. The molecule has 0 fully saturated rings. The van der Waals surface area contributed by atoms with Crippen LogP contribution in [0.3, 0.4) is 0 Å². The number of ether oxygens (including phenoxy) is 3. The molecule has 0 bridgehead atoms. The second-order valence-electron chi connectivity index (χ2n) is 14.5. The van der Waals surface area contributed by atoms with Gasteiger partial charge in [-0.05, 0) is 101 Å². The summed E-state index contributed by atoms with van der Waals surface area (Å²) in [6, 6.07) is 35.0. The Morgan fingerprint density at radius 3 is 1.39 bits per heavy atom. The highest BCUT2D eigenvalue weighted by Gasteiger charge is 2.19. The molecule has 0 aliphatic carbocycles. The summed E-state index contributed by atoms with van der Waals surface area (Å²) >= 11 is 6.86. The Hall–Kier alpha value is -6.78. The molecule has 0 heterocycles. The zero-order valence-electron chi connectivity index (χ0n) is 36.3. The number of carboxylic acids is 1. The predicted molar refractivity (Wildman–Crippen MR) is 258 cm³/mol. The molecule has 6 aromatic carbocycles. The molecule has 5 N–H and O–H groups in total. The van der Waals surface area contributed by atoms with Gasteiger partial charge in [0, 0.05) is 46.3 Å². The van der Waals surface area contributed by atoms with Crippen molar-refractivity contribution in [2.75, 3.05) is 44.5 Å². The molecule has 0 aromatic heterocycles. The van der Waals surface area contributed by atoms with Gasteiger partial charge in [0.05, 0.1) is 44.8 Å². The molecule has 66 heavy (non-hydrogen) atoms. The number of carbonyl (C=O) groups is 4. The standard InChI is InChI=1S/C26H26BrFN2O4.C24H22BrFN2O4/c1-3-34-23(31)13-14-29-26(32)30-21-10-7-17(8-11-21)15-19-9-12-22(33-2)24(25(19)28)18-5-4-6-20(27)16-18;1-32-20-10-7-17(23(26)22(20)16-3-2-4-18(25)14-16)13-15-5-8-19(9-6-15)28-24(31)27-12-11-21(29)30/h4-12,16H,3,13-15H2,1-2H3,(H2,29,30,32);2-10,14H,11-13H2,1H3,(H,29,30)(H2,27,28,31). The number of carboxylic acid groups (broad SMARTS) is 1. The summed E-state index contributed by atoms with van der Waals surface area (Å²) in [4.78, 5) is 45.6. The molecule has 344 valence electrons. The van der Waals surface area contributed by atoms with E-state index in [1.165, 1.54) is 14.2 Å². The molecule has 12 nitrogen and oxygen atoms in total. The van der Waals surface area contributed by atoms with Crippen molar-refractivity contribution in [2.45, 2.75) is 32.6 Å². The van der Waals surface area contributed by atoms with Gasteiger partial charge < -0.3 is 40.6 Å². The number of esters is 1. The van der Waals surface area contributed by atoms with Crippen molar-refractivity contribution < 1.29 is 47.3 Å². The van der Waals surface area contributed by atoms with Gasteiger partial charge in [-0.3, -0.25) is 9.59 Å². The SMILES string of the molecule is CCOC(=O)CCNC(=O)Nc1ccc(Cc2ccc(OC)c(-c3cccc(Br)c3)c2F)cc1.COc1ccc(Cc2ccc(NC(=O)NCCC(=O)O)cc2)c(F)c1-c1cccc(Br)c1. The largest absolute Gasteiger partial charge is 0.496 e. The minimum absolute atomic E-state index is 0.0380. The number of methoxy groups -OCH3 is 2. The first-order valence-electron chi connectivity index (χ1n) is 20.7. The lowest BCUT2D eigenvalue weighted by Gasteiger charge is -2.14. The van der Waals surface area contributed by atoms with Crippen molar-refractivity contribution in [1.29, 1.82) is 0 Å². The number of urea groups is 2. The Bertz CT molecular complexity index is 2630. The van der Waals surface area contributed by atoms with Crippen LogP contribution in [-0.2, 0) is 27.2 Å². The zero-order chi connectivity index (χ0) is 47.6. The number of halogens is 4. The molecule has 6 aromatic rings. The first kappa shape index (κ1) is 50.2. The van der Waals surface area contributed by atoms with Gasteiger partial charge in [-0.1, -0.05) is 92.5 Å². The maximum Gasteiger partial charge on any atom is 0.319 e. The van der Waals surface area contributed by atoms with Gasteiger partial charge in [0.2, 0.25) is 0 Å². The molecule has 16 heteroatoms. The van der Waals surface area contributed by atoms with E-state index in [9.17, 15) is 19.2 Å². The number of aliphatic carboxylic acids is 1. The van der Waals surface area contributed by atoms with Crippen LogP contribution in [0.1, 0.15) is 42.0 Å². The lowest BCUT2D eigenvalue weighted by atomic mass is 9.97. The first-order valence-corrected chi connectivity index (χ1v) is 22.2. The maximum atomic E-state index is 15.5. The van der Waals surface area contributed by atoms with Gasteiger partial charge in [-0.15, -0.1) is 0 Å². The summed E-state index contributed by atoms with van der Waals surface area (Å²) in [5.74, 6) is -1.10. The second-order valence-corrected chi connectivity index (χ2v) is 16.3. The van der Waals surface area contributed by atoms with Crippen LogP contribution in [0.2, 0.25) is 0 Å². The van der Waals surface area contributed by atoms with Crippen LogP contribution in [0.15, 0.2) is 130 Å². The molecule has 0 radical (unpaired) electrons. The van der Waals surface area contributed by atoms with E-state index in [-0.39, 0.29) is 43.5 Å². The van der Waals surface area contributed by atoms with Crippen molar-refractivity contribution in [1.82, 2.24) is 10.6 Å². The summed E-state index contributed by atoms with van der Waals surface area (Å²) < 4.78 is 48.3. The monoisotopic (exact) mass is 1030 g/mol. The molecule has 0 saturated heterocycles. The third kappa shape index (κ3) is 14.9. The van der Waals surface area contributed by atoms with Gasteiger partial charge in [0.1, 0.15) is 23.1 Å². The molecular formula is C50H48Br2F2N4O8. The van der Waals surface area contributed by atoms with Crippen LogP contribution in [0.25, 0.3) is 22.3 Å². The Balaban J connectivity index is 0.000000248. The number of anilines is 2. The van der Waals surface area contributed by atoms with E-state index in [1.54, 1.807) is 67.6 Å². The Morgan fingerprint density at radius 1 is 0.591 bits per heavy atom. The van der Waals surface area contributed by atoms with Crippen LogP contribution < -0.4 is 30.7 Å². The van der Waals surface area contributed by atoms with E-state index in [1.807, 2.05) is 60.7 Å². The average molecular weight is 1030 g/mol. The summed E-state index contributed by atoms with van der Waals surface area (Å²) in [7, 11) is 3.04. The molecule has 4 amide bonds. The second kappa shape index (κ2) is 25.1. The number of amides is 4. The topological polar surface area (TPSA) is 164 Å². The predicted octanol–water partition coefficient (Wildman–Crippen LogP) is 11.4. The molecule has 0 spiro atoms. The minimum atomic E-state index is -0.983. The number of hydrogen-bond acceptors (Lipinski definition) is 7. The molecule has 0 unspecified atom stereocenters. The quantitative estimate of drug-likeness (QED) is 0.0564. The highest BCUT2D eigenvalue weighted by Crippen LogP contribution is 2.38. The summed E-state index contributed by atoms with van der Waals surface area (Å²) in [6.07, 6.45) is 0.696. The normalized spacial score (nSPS) is 10.5. The van der Waals surface area contributed by atoms with Gasteiger partial charge in [0.25, 0.3) is 0 Å². The Kier molecular flexibility index (Phi) is 19.1. The lowest BCUT2D eigenvalue weighted by Crippen LogP contribution is -2.30. The molecule has 0 saturated carbocycles. The smallest absolute Gasteiger partial charge is 0.319 e. The van der Waals surface area contributed by atoms with Crippen molar-refractivity contribution in [3.05, 3.63) is 164 Å². The number of hydrogen-bond donors (Lipinski definition) is 5. The third-order valence-electron chi connectivity index (χ3n) is 9.79. The maximum absolute atomic E-state index is 15.5. The third-order valence-corrected chi connectivity index (χ3v) is 10.8. The number of benzene rings is 6. The number of carbonyl (C=O) groups excluding carboxylic acids is 3. The van der Waals surface area contributed by atoms with Crippen LogP contribution in [0.5, 0.6) is 11.5 Å². The van der Waals surface area contributed by atoms with E-state index >= 15 is 8.78 Å². The fourth-order valence-electron chi connectivity index (χ4n) is 6.64. The zero-order valence-corrected chi connectivity index (χ0v) is 39.5. The van der Waals surface area contributed by atoms with E-state index < -0.39 is 18.0 Å². The van der Waals surface area contributed by atoms with Crippen molar-refractivity contribution in [3.8, 4) is 33.8 Å². The fourth-order valence-corrected chi connectivity index (χ4v) is 7.44. The Labute approximate surface area is 398 Å². The van der Waals surface area contributed by atoms with E-state index in [0.29, 0.717) is 70.1 Å². The van der Waals surface area contributed by atoms with Crippen LogP contribution in [-0.4, -0.2) is 63.0 Å². The van der Waals surface area contributed by atoms with E-state index in [0.717, 1.165) is 25.6 Å². The lowest BCUT2D eigenvalue weighted by molar-refractivity contribution is -0.143. The summed E-state index contributed by atoms with van der Waals surface area (Å²) in [5.41, 5.74) is 6.20. The molecule has 0 aliphatic heterocycles. The van der Waals surface area contributed by atoms with Gasteiger partial charge in [0.15, 0.2) is 0 Å². The van der Waals surface area contributed by atoms with Crippen molar-refractivity contribution in [2.24, 2.45) is 0 Å². The molecular weight excluding hydrogens is 982 g/mol. The van der Waals surface area contributed by atoms with Crippen LogP contribution in [0.4, 0.5) is 29.7 Å². The highest BCUT2D eigenvalue weighted by molar-refractivity contribution is 9.10. The number of nitrogens with one attached hydrogen (secondary N) is 4. The van der Waals surface area contributed by atoms with Gasteiger partial charge >= 0.3 is 24.0 Å². The fraction of sp³-hybridized carbons (Fsp3) is 0.200. The van der Waals surface area contributed by atoms with Crippen molar-refractivity contribution >= 4 is 67.2 Å². The molecule has 6 rings (SSSR count). The minimum Gasteiger partial charge on any atom is -0.496 e. The van der Waals surface area contributed by atoms with Crippen LogP contribution >= 0.6 is 31.9 Å². The molecule has 0 aliphatic rings. The van der Waals surface area contributed by atoms with Crippen molar-refractivity contribution in [3.63, 3.8) is 0 Å². The Morgan fingerprint density at radius 2 is 1.02 bits per heavy atom. The van der Waals surface area contributed by atoms with E-state index in [4.69, 9.17) is 19.3 Å². The number of rotatable bonds is 17. The van der Waals surface area contributed by atoms with Gasteiger partial charge in [-0.25, -0.2) is 18.4 Å². The average Bonchev–Trinajstić information content (AvgIpc) is 3.29. The van der Waals surface area contributed by atoms with Gasteiger partial charge in [-0.2, -0.15) is 0 Å². The summed E-state index contributed by atoms with van der Waals surface area (Å²) in [6.45, 7) is 2.26. The van der Waals surface area contributed by atoms with E-state index in [2.05, 4.69) is 53.1 Å². The first-order chi connectivity index (χ1) is 31.8. The highest BCUT2D eigenvalue weighted by atomic mass is 79.9. The summed E-state index contributed by atoms with van der Waals surface area (Å²) in [5, 5.41) is 19.0.